The third-order valence-electron chi connectivity index (χ3n) is 0.252. The van der Waals surface area contributed by atoms with Crippen LogP contribution in [0.5, 0.6) is 0 Å². The lowest BCUT2D eigenvalue weighted by atomic mass is 10.6. The summed E-state index contributed by atoms with van der Waals surface area (Å²) in [5, 5.41) is 0. The lowest BCUT2D eigenvalue weighted by molar-refractivity contribution is -0.0805. The van der Waals surface area contributed by atoms with Gasteiger partial charge in [0.1, 0.15) is 0 Å². The smallest absolute Gasteiger partial charge is 0.216 e. The number of alkyl halides is 3. The van der Waals surface area contributed by atoms with Crippen molar-refractivity contribution in [3.05, 3.63) is 25.6 Å². The third kappa shape index (κ3) is 114. The predicted molar refractivity (Wildman–Crippen MR) is 59.1 cm³/mol. The van der Waals surface area contributed by atoms with Crippen molar-refractivity contribution in [2.24, 2.45) is 0 Å². The van der Waals surface area contributed by atoms with Crippen molar-refractivity contribution in [2.45, 2.75) is 42.3 Å². The van der Waals surface area contributed by atoms with Crippen molar-refractivity contribution in [1.29, 1.82) is 0 Å². The Morgan fingerprint density at radius 1 is 0.929 bits per heavy atom. The standard InChI is InChI=1S/C3H2F4.C2H6.C2H4.3CH4/c4-2-1-3(5,6)7;2*1-2;;;/h1-2H;1-2H3;1-2H2;3*1H4/b2-1+;;;;;. The van der Waals surface area contributed by atoms with Crippen LogP contribution in [0.15, 0.2) is 25.6 Å². The summed E-state index contributed by atoms with van der Waals surface area (Å²) in [6, 6.07) is 0. The fourth-order valence-corrected chi connectivity index (χ4v) is 0.0714. The van der Waals surface area contributed by atoms with Crippen LogP contribution in [0.4, 0.5) is 17.6 Å². The Morgan fingerprint density at radius 3 is 1.14 bits per heavy atom. The molecule has 0 spiro atoms. The molecule has 0 nitrogen and oxygen atoms in total. The van der Waals surface area contributed by atoms with E-state index in [9.17, 15) is 17.6 Å². The van der Waals surface area contributed by atoms with E-state index in [-0.39, 0.29) is 22.3 Å². The molecule has 14 heavy (non-hydrogen) atoms. The van der Waals surface area contributed by atoms with E-state index in [4.69, 9.17) is 0 Å². The Morgan fingerprint density at radius 2 is 1.14 bits per heavy atom. The lowest BCUT2D eigenvalue weighted by Gasteiger charge is -1.92. The second-order valence-corrected chi connectivity index (χ2v) is 0.834. The number of rotatable bonds is 0. The van der Waals surface area contributed by atoms with Crippen molar-refractivity contribution in [3.63, 3.8) is 0 Å². The van der Waals surface area contributed by atoms with Gasteiger partial charge in [0.2, 0.25) is 0 Å². The maximum absolute atomic E-state index is 10.7. The molecule has 0 heterocycles. The number of hydrogen-bond acceptors (Lipinski definition) is 0. The highest BCUT2D eigenvalue weighted by molar-refractivity contribution is 4.80. The van der Waals surface area contributed by atoms with Crippen LogP contribution in [-0.4, -0.2) is 6.18 Å². The Labute approximate surface area is 86.3 Å². The van der Waals surface area contributed by atoms with Crippen LogP contribution in [0, 0.1) is 0 Å². The first-order valence-electron chi connectivity index (χ1n) is 2.91. The second kappa shape index (κ2) is 29.5. The highest BCUT2D eigenvalue weighted by Crippen LogP contribution is 2.15. The van der Waals surface area contributed by atoms with Gasteiger partial charge in [0, 0.05) is 6.08 Å². The van der Waals surface area contributed by atoms with Gasteiger partial charge in [-0.1, -0.05) is 36.1 Å². The summed E-state index contributed by atoms with van der Waals surface area (Å²) in [6.07, 6.45) is -5.53. The number of allylic oxidation sites excluding steroid dienone is 1. The molecule has 0 N–H and O–H groups in total. The van der Waals surface area contributed by atoms with Gasteiger partial charge >= 0.3 is 6.18 Å². The summed E-state index contributed by atoms with van der Waals surface area (Å²) < 4.78 is 42.8. The van der Waals surface area contributed by atoms with Crippen LogP contribution in [0.25, 0.3) is 0 Å². The molecule has 0 fully saturated rings. The van der Waals surface area contributed by atoms with Crippen molar-refractivity contribution in [2.75, 3.05) is 0 Å². The first-order valence-corrected chi connectivity index (χ1v) is 2.91. The van der Waals surface area contributed by atoms with E-state index in [1.54, 1.807) is 0 Å². The van der Waals surface area contributed by atoms with Gasteiger partial charge in [-0.3, -0.25) is 0 Å². The van der Waals surface area contributed by atoms with Gasteiger partial charge in [-0.25, -0.2) is 4.39 Å². The van der Waals surface area contributed by atoms with Gasteiger partial charge in [-0.2, -0.15) is 13.2 Å². The molecule has 0 aliphatic heterocycles. The molecule has 0 amide bonds. The fourth-order valence-electron chi connectivity index (χ4n) is 0.0714. The van der Waals surface area contributed by atoms with E-state index in [0.29, 0.717) is 0 Å². The van der Waals surface area contributed by atoms with E-state index in [0.717, 1.165) is 0 Å². The highest BCUT2D eigenvalue weighted by Gasteiger charge is 2.21. The second-order valence-electron chi connectivity index (χ2n) is 0.834. The molecule has 4 heteroatoms. The number of hydrogen-bond donors (Lipinski definition) is 0. The molecule has 0 aliphatic rings. The molecule has 0 bridgehead atoms. The summed E-state index contributed by atoms with van der Waals surface area (Å²) in [4.78, 5) is 0. The van der Waals surface area contributed by atoms with Gasteiger partial charge in [0.05, 0.1) is 6.33 Å². The number of halogens is 4. The normalized spacial score (nSPS) is 7.29. The molecular weight excluding hydrogens is 196 g/mol. The maximum atomic E-state index is 10.7. The molecule has 0 saturated heterocycles. The molecule has 0 unspecified atom stereocenters. The van der Waals surface area contributed by atoms with Crippen molar-refractivity contribution >= 4 is 0 Å². The van der Waals surface area contributed by atoms with Crippen LogP contribution < -0.4 is 0 Å². The zero-order chi connectivity index (χ0) is 9.91. The van der Waals surface area contributed by atoms with Crippen molar-refractivity contribution < 1.29 is 17.6 Å². The monoisotopic (exact) mass is 220 g/mol. The van der Waals surface area contributed by atoms with Crippen LogP contribution in [-0.2, 0) is 0 Å². The molecule has 0 radical (unpaired) electrons. The minimum Gasteiger partial charge on any atom is -0.216 e. The van der Waals surface area contributed by atoms with Gasteiger partial charge in [-0.15, -0.1) is 13.2 Å². The van der Waals surface area contributed by atoms with E-state index in [1.807, 2.05) is 13.8 Å². The zero-order valence-corrected chi connectivity index (χ0v) is 6.58. The first-order chi connectivity index (χ1) is 5.06. The highest BCUT2D eigenvalue weighted by atomic mass is 19.4. The Balaban J connectivity index is -0.0000000205. The van der Waals surface area contributed by atoms with Gasteiger partial charge in [-0.05, 0) is 0 Å². The Bertz CT molecular complexity index is 84.6. The van der Waals surface area contributed by atoms with Crippen LogP contribution in [0.1, 0.15) is 36.1 Å². The van der Waals surface area contributed by atoms with Crippen LogP contribution in [0.3, 0.4) is 0 Å². The Kier molecular flexibility index (Phi) is 79.9. The van der Waals surface area contributed by atoms with Crippen molar-refractivity contribution in [1.82, 2.24) is 0 Å². The largest absolute Gasteiger partial charge is 0.411 e. The topological polar surface area (TPSA) is 0 Å². The third-order valence-corrected chi connectivity index (χ3v) is 0.252. The molecule has 0 atom stereocenters. The molecular formula is C10H24F4. The van der Waals surface area contributed by atoms with Crippen LogP contribution in [0.2, 0.25) is 0 Å². The summed E-state index contributed by atoms with van der Waals surface area (Å²) in [5.41, 5.74) is 0. The molecule has 0 aromatic carbocycles. The van der Waals surface area contributed by atoms with Gasteiger partial charge < -0.3 is 0 Å². The van der Waals surface area contributed by atoms with E-state index < -0.39 is 18.6 Å². The maximum Gasteiger partial charge on any atom is 0.411 e. The van der Waals surface area contributed by atoms with Gasteiger partial charge in [0.15, 0.2) is 0 Å². The van der Waals surface area contributed by atoms with E-state index >= 15 is 0 Å². The minimum absolute atomic E-state index is 0. The average molecular weight is 220 g/mol. The summed E-state index contributed by atoms with van der Waals surface area (Å²) in [5.74, 6) is 0. The van der Waals surface area contributed by atoms with Crippen molar-refractivity contribution in [3.8, 4) is 0 Å². The zero-order valence-electron chi connectivity index (χ0n) is 6.58. The average Bonchev–Trinajstić information content (AvgIpc) is 1.94. The Hall–Kier alpha value is -0.800. The quantitative estimate of drug-likeness (QED) is 0.359. The fraction of sp³-hybridized carbons (Fsp3) is 0.600. The molecule has 0 saturated carbocycles. The predicted octanol–water partition coefficient (Wildman–Crippen LogP) is 5.77. The summed E-state index contributed by atoms with van der Waals surface area (Å²) in [6.45, 7) is 10.0. The minimum atomic E-state index is -4.51. The lowest BCUT2D eigenvalue weighted by Crippen LogP contribution is -1.99. The molecule has 0 aromatic rings. The van der Waals surface area contributed by atoms with Gasteiger partial charge in [0.25, 0.3) is 0 Å². The first kappa shape index (κ1) is 37.9. The molecule has 0 rings (SSSR count). The molecule has 0 aromatic heterocycles. The molecule has 92 valence electrons. The van der Waals surface area contributed by atoms with E-state index in [2.05, 4.69) is 13.2 Å². The summed E-state index contributed by atoms with van der Waals surface area (Å²) in [7, 11) is 0. The van der Waals surface area contributed by atoms with Crippen LogP contribution >= 0.6 is 0 Å². The van der Waals surface area contributed by atoms with E-state index in [1.165, 1.54) is 0 Å². The SMILES string of the molecule is C.C.C.C=C.CC.F/C=C/C(F)(F)F. The summed E-state index contributed by atoms with van der Waals surface area (Å²) >= 11 is 0. The molecule has 0 aliphatic carbocycles.